The van der Waals surface area contributed by atoms with E-state index >= 15 is 0 Å². The van der Waals surface area contributed by atoms with Crippen LogP contribution in [-0.2, 0) is 0 Å². The van der Waals surface area contributed by atoms with Gasteiger partial charge in [0.2, 0.25) is 5.95 Å². The first-order valence-electron chi connectivity index (χ1n) is 6.26. The third-order valence-electron chi connectivity index (χ3n) is 2.87. The van der Waals surface area contributed by atoms with E-state index < -0.39 is 0 Å². The lowest BCUT2D eigenvalue weighted by Crippen LogP contribution is -2.10. The maximum Gasteiger partial charge on any atom is 0.260 e. The van der Waals surface area contributed by atoms with Gasteiger partial charge in [-0.3, -0.25) is 9.78 Å². The molecule has 0 spiro atoms. The van der Waals surface area contributed by atoms with E-state index in [1.54, 1.807) is 24.4 Å². The molecule has 0 fully saturated rings. The maximum atomic E-state index is 11.9. The van der Waals surface area contributed by atoms with E-state index in [1.165, 1.54) is 0 Å². The van der Waals surface area contributed by atoms with Crippen LogP contribution in [0.3, 0.4) is 0 Å². The zero-order valence-electron chi connectivity index (χ0n) is 10.9. The van der Waals surface area contributed by atoms with Gasteiger partial charge in [0.1, 0.15) is 0 Å². The lowest BCUT2D eigenvalue weighted by atomic mass is 10.2. The summed E-state index contributed by atoms with van der Waals surface area (Å²) in [6, 6.07) is 14.9. The molecular formula is C15H11BrN4O. The first-order valence-corrected chi connectivity index (χ1v) is 7.05. The number of hydrazone groups is 1. The minimum absolute atomic E-state index is 0.193. The summed E-state index contributed by atoms with van der Waals surface area (Å²) in [4.78, 5) is 18.8. The number of anilines is 1. The quantitative estimate of drug-likeness (QED) is 0.567. The number of aromatic nitrogens is 2. The standard InChI is InChI=1S/C15H11BrN4O/c16-11-7-5-10(6-8-11)9-17-20-15-18-13-4-2-1-3-12(13)14(21)19-15/h1-9H,(H2,18,19,20,21)/b17-9+. The van der Waals surface area contributed by atoms with Gasteiger partial charge in [0, 0.05) is 4.47 Å². The van der Waals surface area contributed by atoms with Crippen molar-refractivity contribution in [1.82, 2.24) is 9.97 Å². The summed E-state index contributed by atoms with van der Waals surface area (Å²) in [5.74, 6) is 0.312. The Bertz CT molecular complexity index is 855. The number of halogens is 1. The fourth-order valence-corrected chi connectivity index (χ4v) is 2.12. The molecule has 0 amide bonds. The minimum atomic E-state index is -0.193. The molecule has 3 aromatic rings. The van der Waals surface area contributed by atoms with Crippen molar-refractivity contribution in [3.63, 3.8) is 0 Å². The van der Waals surface area contributed by atoms with Crippen LogP contribution in [0, 0.1) is 0 Å². The van der Waals surface area contributed by atoms with Crippen LogP contribution in [-0.4, -0.2) is 16.2 Å². The first-order chi connectivity index (χ1) is 10.2. The molecule has 0 aliphatic heterocycles. The average Bonchev–Trinajstić information content (AvgIpc) is 2.49. The second-order valence-corrected chi connectivity index (χ2v) is 5.27. The minimum Gasteiger partial charge on any atom is -0.291 e. The van der Waals surface area contributed by atoms with E-state index in [1.807, 2.05) is 30.3 Å². The van der Waals surface area contributed by atoms with Crippen molar-refractivity contribution in [3.8, 4) is 0 Å². The van der Waals surface area contributed by atoms with Crippen molar-refractivity contribution in [2.45, 2.75) is 0 Å². The van der Waals surface area contributed by atoms with Gasteiger partial charge in [0.15, 0.2) is 0 Å². The molecule has 3 rings (SSSR count). The first kappa shape index (κ1) is 13.5. The molecular weight excluding hydrogens is 332 g/mol. The van der Waals surface area contributed by atoms with Gasteiger partial charge < -0.3 is 0 Å². The average molecular weight is 343 g/mol. The van der Waals surface area contributed by atoms with Crippen molar-refractivity contribution in [2.24, 2.45) is 5.10 Å². The fraction of sp³-hybridized carbons (Fsp3) is 0. The summed E-state index contributed by atoms with van der Waals surface area (Å²) < 4.78 is 1.01. The molecule has 5 nitrogen and oxygen atoms in total. The number of H-pyrrole nitrogens is 1. The zero-order valence-corrected chi connectivity index (χ0v) is 12.5. The summed E-state index contributed by atoms with van der Waals surface area (Å²) >= 11 is 3.37. The molecule has 0 bridgehead atoms. The molecule has 0 atom stereocenters. The Kier molecular flexibility index (Phi) is 3.79. The summed E-state index contributed by atoms with van der Waals surface area (Å²) in [7, 11) is 0. The molecule has 1 heterocycles. The van der Waals surface area contributed by atoms with Crippen LogP contribution >= 0.6 is 15.9 Å². The van der Waals surface area contributed by atoms with Crippen molar-refractivity contribution >= 4 is 39.0 Å². The Balaban J connectivity index is 1.82. The van der Waals surface area contributed by atoms with Gasteiger partial charge in [-0.2, -0.15) is 5.10 Å². The van der Waals surface area contributed by atoms with Crippen LogP contribution in [0.25, 0.3) is 10.9 Å². The molecule has 2 N–H and O–H groups in total. The SMILES string of the molecule is O=c1[nH]c(N/N=C/c2ccc(Br)cc2)nc2ccccc12. The van der Waals surface area contributed by atoms with Crippen LogP contribution in [0.4, 0.5) is 5.95 Å². The van der Waals surface area contributed by atoms with E-state index in [0.717, 1.165) is 10.0 Å². The van der Waals surface area contributed by atoms with E-state index in [0.29, 0.717) is 16.9 Å². The highest BCUT2D eigenvalue weighted by atomic mass is 79.9. The molecule has 1 aromatic heterocycles. The zero-order chi connectivity index (χ0) is 14.7. The van der Waals surface area contributed by atoms with Crippen molar-refractivity contribution < 1.29 is 0 Å². The molecule has 6 heteroatoms. The van der Waals surface area contributed by atoms with Crippen molar-refractivity contribution in [1.29, 1.82) is 0 Å². The predicted octanol–water partition coefficient (Wildman–Crippen LogP) is 3.13. The van der Waals surface area contributed by atoms with Gasteiger partial charge >= 0.3 is 0 Å². The Morgan fingerprint density at radius 2 is 1.90 bits per heavy atom. The number of hydrogen-bond acceptors (Lipinski definition) is 4. The largest absolute Gasteiger partial charge is 0.291 e. The molecule has 0 saturated heterocycles. The summed E-state index contributed by atoms with van der Waals surface area (Å²) in [5, 5.41) is 4.62. The lowest BCUT2D eigenvalue weighted by Gasteiger charge is -2.01. The van der Waals surface area contributed by atoms with Crippen LogP contribution in [0.2, 0.25) is 0 Å². The van der Waals surface area contributed by atoms with Gasteiger partial charge in [-0.15, -0.1) is 0 Å². The monoisotopic (exact) mass is 342 g/mol. The molecule has 104 valence electrons. The molecule has 2 aromatic carbocycles. The van der Waals surface area contributed by atoms with Gasteiger partial charge in [-0.1, -0.05) is 40.2 Å². The highest BCUT2D eigenvalue weighted by molar-refractivity contribution is 9.10. The second kappa shape index (κ2) is 5.88. The van der Waals surface area contributed by atoms with E-state index in [9.17, 15) is 4.79 Å². The number of fused-ring (bicyclic) bond motifs is 1. The Morgan fingerprint density at radius 1 is 1.14 bits per heavy atom. The van der Waals surface area contributed by atoms with Crippen molar-refractivity contribution in [2.75, 3.05) is 5.43 Å². The van der Waals surface area contributed by atoms with Crippen LogP contribution in [0.1, 0.15) is 5.56 Å². The van der Waals surface area contributed by atoms with Gasteiger partial charge in [-0.25, -0.2) is 10.4 Å². The highest BCUT2D eigenvalue weighted by Crippen LogP contribution is 2.10. The molecule has 21 heavy (non-hydrogen) atoms. The number of nitrogens with zero attached hydrogens (tertiary/aromatic N) is 2. The van der Waals surface area contributed by atoms with Gasteiger partial charge in [0.25, 0.3) is 5.56 Å². The third kappa shape index (κ3) is 3.17. The Labute approximate surface area is 128 Å². The van der Waals surface area contributed by atoms with Crippen LogP contribution in [0.15, 0.2) is 62.9 Å². The molecule has 0 saturated carbocycles. The predicted molar refractivity (Wildman–Crippen MR) is 87.7 cm³/mol. The van der Waals surface area contributed by atoms with Gasteiger partial charge in [0.05, 0.1) is 17.1 Å². The highest BCUT2D eigenvalue weighted by Gasteiger charge is 2.01. The van der Waals surface area contributed by atoms with Crippen molar-refractivity contribution in [3.05, 3.63) is 68.9 Å². The summed E-state index contributed by atoms with van der Waals surface area (Å²) in [5.41, 5.74) is 4.11. The van der Waals surface area contributed by atoms with Crippen LogP contribution in [0.5, 0.6) is 0 Å². The number of aromatic amines is 1. The second-order valence-electron chi connectivity index (χ2n) is 4.35. The van der Waals surface area contributed by atoms with Crippen LogP contribution < -0.4 is 11.0 Å². The maximum absolute atomic E-state index is 11.9. The summed E-state index contributed by atoms with van der Waals surface area (Å²) in [6.45, 7) is 0. The van der Waals surface area contributed by atoms with E-state index in [-0.39, 0.29) is 5.56 Å². The fourth-order valence-electron chi connectivity index (χ4n) is 1.86. The number of para-hydroxylation sites is 1. The third-order valence-corrected chi connectivity index (χ3v) is 3.40. The Morgan fingerprint density at radius 3 is 2.71 bits per heavy atom. The van der Waals surface area contributed by atoms with Gasteiger partial charge in [-0.05, 0) is 29.8 Å². The molecule has 0 aliphatic carbocycles. The van der Waals surface area contributed by atoms with E-state index in [4.69, 9.17) is 0 Å². The van der Waals surface area contributed by atoms with E-state index in [2.05, 4.69) is 36.4 Å². The lowest BCUT2D eigenvalue weighted by molar-refractivity contribution is 1.12. The summed E-state index contributed by atoms with van der Waals surface area (Å²) in [6.07, 6.45) is 1.65. The topological polar surface area (TPSA) is 70.1 Å². The molecule has 0 aliphatic rings. The smallest absolute Gasteiger partial charge is 0.260 e. The number of benzene rings is 2. The molecule has 0 radical (unpaired) electrons. The normalized spacial score (nSPS) is 11.1. The number of hydrogen-bond donors (Lipinski definition) is 2. The Hall–Kier alpha value is -2.47. The molecule has 0 unspecified atom stereocenters. The number of rotatable bonds is 3. The number of nitrogens with one attached hydrogen (secondary N) is 2.